The summed E-state index contributed by atoms with van der Waals surface area (Å²) in [4.78, 5) is 13.0. The summed E-state index contributed by atoms with van der Waals surface area (Å²) in [5.41, 5.74) is 0. The van der Waals surface area contributed by atoms with Crippen LogP contribution in [0.25, 0.3) is 0 Å². The number of ether oxygens (including phenoxy) is 6. The summed E-state index contributed by atoms with van der Waals surface area (Å²) in [5.74, 6) is -0.309. The first-order valence-corrected chi connectivity index (χ1v) is 29.7. The fourth-order valence-corrected chi connectivity index (χ4v) is 9.99. The third-order valence-corrected chi connectivity index (χ3v) is 14.9. The largest absolute Gasteiger partial charge is 0.394 e. The minimum atomic E-state index is -1.98. The van der Waals surface area contributed by atoms with E-state index < -0.39 is 124 Å². The smallest absolute Gasteiger partial charge is 0.220 e. The second kappa shape index (κ2) is 41.9. The molecule has 0 spiro atoms. The van der Waals surface area contributed by atoms with Gasteiger partial charge < -0.3 is 89.9 Å². The minimum absolute atomic E-state index is 0.223. The van der Waals surface area contributed by atoms with E-state index in [1.54, 1.807) is 6.08 Å². The van der Waals surface area contributed by atoms with Crippen LogP contribution in [0, 0.1) is 0 Å². The van der Waals surface area contributed by atoms with Gasteiger partial charge in [0.15, 0.2) is 18.9 Å². The fourth-order valence-electron chi connectivity index (χ4n) is 9.99. The molecule has 0 aromatic carbocycles. The average molecular weight is 1100 g/mol. The Hall–Kier alpha value is -1.99. The first-order chi connectivity index (χ1) is 37.3. The highest BCUT2D eigenvalue weighted by Gasteiger charge is 2.53. The number of nitrogens with one attached hydrogen (secondary N) is 1. The van der Waals surface area contributed by atoms with Gasteiger partial charge in [-0.3, -0.25) is 4.79 Å². The summed E-state index contributed by atoms with van der Waals surface area (Å²) in [6.45, 7) is 1.54. The van der Waals surface area contributed by atoms with E-state index in [9.17, 15) is 61.0 Å². The monoisotopic (exact) mass is 1100 g/mol. The lowest BCUT2D eigenvalue weighted by Crippen LogP contribution is -2.66. The highest BCUT2D eigenvalue weighted by molar-refractivity contribution is 5.76. The van der Waals surface area contributed by atoms with Crippen LogP contribution in [0.3, 0.4) is 0 Å². The van der Waals surface area contributed by atoms with Crippen LogP contribution in [0.1, 0.15) is 194 Å². The normalized spacial score (nSPS) is 30.9. The number of amides is 1. The van der Waals surface area contributed by atoms with Gasteiger partial charge in [0, 0.05) is 6.42 Å². The molecule has 450 valence electrons. The van der Waals surface area contributed by atoms with Crippen molar-refractivity contribution >= 4 is 5.91 Å². The van der Waals surface area contributed by atoms with Crippen molar-refractivity contribution in [3.05, 3.63) is 36.5 Å². The van der Waals surface area contributed by atoms with Gasteiger partial charge in [-0.05, 0) is 44.9 Å². The molecular weight excluding hydrogens is 999 g/mol. The van der Waals surface area contributed by atoms with Gasteiger partial charge in [0.2, 0.25) is 5.91 Å². The lowest BCUT2D eigenvalue weighted by atomic mass is 9.96. The van der Waals surface area contributed by atoms with Crippen LogP contribution in [0.5, 0.6) is 0 Å². The Morgan fingerprint density at radius 1 is 0.455 bits per heavy atom. The zero-order chi connectivity index (χ0) is 56.2. The van der Waals surface area contributed by atoms with Crippen LogP contribution >= 0.6 is 0 Å². The number of carbonyl (C=O) groups is 1. The predicted molar refractivity (Wildman–Crippen MR) is 291 cm³/mol. The van der Waals surface area contributed by atoms with E-state index in [1.807, 2.05) is 6.08 Å². The molecule has 19 heteroatoms. The lowest BCUT2D eigenvalue weighted by molar-refractivity contribution is -0.379. The molecule has 0 aliphatic carbocycles. The highest BCUT2D eigenvalue weighted by Crippen LogP contribution is 2.33. The van der Waals surface area contributed by atoms with Gasteiger partial charge >= 0.3 is 0 Å². The molecule has 0 saturated carbocycles. The van der Waals surface area contributed by atoms with E-state index in [-0.39, 0.29) is 18.9 Å². The summed E-state index contributed by atoms with van der Waals surface area (Å²) < 4.78 is 34.0. The number of hydrogen-bond donors (Lipinski definition) is 12. The molecule has 3 aliphatic rings. The van der Waals surface area contributed by atoms with Gasteiger partial charge in [-0.1, -0.05) is 179 Å². The maximum Gasteiger partial charge on any atom is 0.220 e. The Balaban J connectivity index is 1.39. The molecule has 0 aromatic rings. The van der Waals surface area contributed by atoms with Crippen molar-refractivity contribution in [2.45, 2.75) is 298 Å². The average Bonchev–Trinajstić information content (AvgIpc) is 3.43. The van der Waals surface area contributed by atoms with Crippen molar-refractivity contribution in [1.82, 2.24) is 5.32 Å². The van der Waals surface area contributed by atoms with Crippen LogP contribution in [-0.4, -0.2) is 193 Å². The number of aliphatic hydroxyl groups is 11. The quantitative estimate of drug-likeness (QED) is 0.0285. The van der Waals surface area contributed by atoms with Crippen LogP contribution in [0.2, 0.25) is 0 Å². The van der Waals surface area contributed by atoms with E-state index in [2.05, 4.69) is 43.5 Å². The zero-order valence-corrected chi connectivity index (χ0v) is 46.7. The van der Waals surface area contributed by atoms with Gasteiger partial charge in [-0.15, -0.1) is 0 Å². The zero-order valence-electron chi connectivity index (χ0n) is 46.7. The van der Waals surface area contributed by atoms with E-state index in [4.69, 9.17) is 28.4 Å². The van der Waals surface area contributed by atoms with E-state index in [0.29, 0.717) is 12.8 Å². The summed E-state index contributed by atoms with van der Waals surface area (Å²) in [7, 11) is 0. The number of rotatable bonds is 43. The van der Waals surface area contributed by atoms with E-state index in [0.717, 1.165) is 44.9 Å². The molecule has 0 aromatic heterocycles. The molecule has 1 amide bonds. The lowest BCUT2D eigenvalue weighted by Gasteiger charge is -2.48. The van der Waals surface area contributed by atoms with Crippen LogP contribution in [0.15, 0.2) is 36.5 Å². The number of allylic oxidation sites excluding steroid dienone is 5. The molecule has 19 nitrogen and oxygen atoms in total. The van der Waals surface area contributed by atoms with Crippen molar-refractivity contribution in [2.24, 2.45) is 0 Å². The Labute approximate surface area is 460 Å². The first kappa shape index (κ1) is 69.3. The second-order valence-electron chi connectivity index (χ2n) is 21.4. The van der Waals surface area contributed by atoms with Crippen LogP contribution in [0.4, 0.5) is 0 Å². The van der Waals surface area contributed by atoms with Crippen molar-refractivity contribution in [2.75, 3.05) is 26.4 Å². The van der Waals surface area contributed by atoms with Gasteiger partial charge in [-0.25, -0.2) is 0 Å². The van der Waals surface area contributed by atoms with Gasteiger partial charge in [0.1, 0.15) is 73.2 Å². The van der Waals surface area contributed by atoms with Crippen molar-refractivity contribution < 1.29 is 89.4 Å². The van der Waals surface area contributed by atoms with Gasteiger partial charge in [-0.2, -0.15) is 0 Å². The Kier molecular flexibility index (Phi) is 37.7. The maximum atomic E-state index is 13.0. The van der Waals surface area contributed by atoms with Crippen LogP contribution < -0.4 is 5.32 Å². The predicted octanol–water partition coefficient (Wildman–Crippen LogP) is 4.93. The van der Waals surface area contributed by atoms with Gasteiger partial charge in [0.05, 0.1) is 38.6 Å². The molecule has 0 radical (unpaired) electrons. The minimum Gasteiger partial charge on any atom is -0.394 e. The van der Waals surface area contributed by atoms with Crippen molar-refractivity contribution in [3.8, 4) is 0 Å². The molecule has 3 aliphatic heterocycles. The maximum absolute atomic E-state index is 13.0. The standard InChI is InChI=1S/C58H105NO18/c1-3-5-7-9-10-11-12-13-14-15-16-17-18-19-20-21-22-23-24-25-26-27-28-29-30-31-32-33-35-42(63)41(59-46(64)36-34-8-6-4-2)40-72-56-52(70)49(67)54(44(38-61)74-56)77-58-53(71)50(68)55(45(39-62)75-58)76-57-51(69)48(66)47(65)43(37-60)73-57/h25-26,29-30,33,35,41-45,47-58,60-63,65-71H,3-24,27-28,31-32,34,36-40H2,1-2H3,(H,59,64)/b26-25+,30-29+,35-33+. The molecule has 3 fully saturated rings. The van der Waals surface area contributed by atoms with E-state index in [1.165, 1.54) is 116 Å². The molecular formula is C58H105NO18. The number of hydrogen-bond acceptors (Lipinski definition) is 18. The van der Waals surface area contributed by atoms with Crippen LogP contribution in [-0.2, 0) is 33.2 Å². The highest BCUT2D eigenvalue weighted by atomic mass is 16.8. The third-order valence-electron chi connectivity index (χ3n) is 14.9. The SMILES string of the molecule is CCCCCCCCCCCCCCCCCCCC/C=C/CC/C=C/CC/C=C/C(O)C(COC1OC(CO)C(OC2OC(CO)C(OC3OC(CO)C(O)C(O)C3O)C(O)C2O)C(O)C1O)NC(=O)CCCCCC. The topological polar surface area (TPSA) is 307 Å². The van der Waals surface area contributed by atoms with Gasteiger partial charge in [0.25, 0.3) is 0 Å². The third kappa shape index (κ3) is 26.2. The number of unbranched alkanes of at least 4 members (excludes halogenated alkanes) is 23. The molecule has 77 heavy (non-hydrogen) atoms. The molecule has 3 saturated heterocycles. The van der Waals surface area contributed by atoms with E-state index >= 15 is 0 Å². The Morgan fingerprint density at radius 3 is 1.30 bits per heavy atom. The molecule has 17 atom stereocenters. The molecule has 0 bridgehead atoms. The number of aliphatic hydroxyl groups excluding tert-OH is 11. The van der Waals surface area contributed by atoms with Crippen molar-refractivity contribution in [1.29, 1.82) is 0 Å². The second-order valence-corrected chi connectivity index (χ2v) is 21.4. The Morgan fingerprint density at radius 2 is 0.831 bits per heavy atom. The van der Waals surface area contributed by atoms with Crippen molar-refractivity contribution in [3.63, 3.8) is 0 Å². The Bertz CT molecular complexity index is 1550. The molecule has 3 rings (SSSR count). The molecule has 17 unspecified atom stereocenters. The molecule has 3 heterocycles. The fraction of sp³-hybridized carbons (Fsp3) is 0.879. The summed E-state index contributed by atoms with van der Waals surface area (Å²) >= 11 is 0. The summed E-state index contributed by atoms with van der Waals surface area (Å²) in [6.07, 6.45) is 18.3. The first-order valence-electron chi connectivity index (χ1n) is 29.7. The summed E-state index contributed by atoms with van der Waals surface area (Å²) in [6, 6.07) is -0.989. The molecule has 12 N–H and O–H groups in total. The summed E-state index contributed by atoms with van der Waals surface area (Å²) in [5, 5.41) is 119. The number of carbonyl (C=O) groups excluding carboxylic acids is 1.